The molecule has 1 aromatic heterocycles. The van der Waals surface area contributed by atoms with Crippen molar-refractivity contribution in [2.45, 2.75) is 6.42 Å². The van der Waals surface area contributed by atoms with Crippen molar-refractivity contribution in [3.8, 4) is 10.6 Å². The summed E-state index contributed by atoms with van der Waals surface area (Å²) in [7, 11) is 1.76. The largest absolute Gasteiger partial charge is 0.355 e. The molecule has 0 aliphatic rings. The molecule has 2 N–H and O–H groups in total. The minimum Gasteiger partial charge on any atom is -0.355 e. The normalized spacial score (nSPS) is 9.85. The van der Waals surface area contributed by atoms with Crippen LogP contribution in [0.2, 0.25) is 0 Å². The van der Waals surface area contributed by atoms with Crippen molar-refractivity contribution >= 4 is 29.7 Å². The number of hydrogen-bond acceptors (Lipinski definition) is 4. The van der Waals surface area contributed by atoms with E-state index in [0.29, 0.717) is 13.1 Å². The second-order valence-corrected chi connectivity index (χ2v) is 5.00. The molecule has 0 aliphatic carbocycles. The molecule has 1 amide bonds. The number of thiazole rings is 1. The summed E-state index contributed by atoms with van der Waals surface area (Å²) in [6, 6.07) is 10.1. The van der Waals surface area contributed by atoms with Crippen LogP contribution in [0.5, 0.6) is 0 Å². The van der Waals surface area contributed by atoms with Gasteiger partial charge in [0.15, 0.2) is 0 Å². The highest BCUT2D eigenvalue weighted by molar-refractivity contribution is 7.13. The Labute approximate surface area is 129 Å². The maximum Gasteiger partial charge on any atom is 0.233 e. The summed E-state index contributed by atoms with van der Waals surface area (Å²) < 4.78 is 0. The molecule has 0 bridgehead atoms. The fraction of sp³-hybridized carbons (Fsp3) is 0.286. The number of carbonyl (C=O) groups is 1. The monoisotopic (exact) mass is 311 g/mol. The zero-order valence-electron chi connectivity index (χ0n) is 11.3. The first kappa shape index (κ1) is 16.6. The lowest BCUT2D eigenvalue weighted by molar-refractivity contribution is -0.120. The van der Waals surface area contributed by atoms with E-state index < -0.39 is 0 Å². The van der Waals surface area contributed by atoms with Crippen molar-refractivity contribution in [2.24, 2.45) is 0 Å². The molecule has 0 atom stereocenters. The summed E-state index contributed by atoms with van der Waals surface area (Å²) in [6.07, 6.45) is 0.763. The average Bonchev–Trinajstić information content (AvgIpc) is 2.89. The number of amides is 1. The van der Waals surface area contributed by atoms with Crippen molar-refractivity contribution in [1.29, 1.82) is 0 Å². The van der Waals surface area contributed by atoms with Crippen LogP contribution in [0.4, 0.5) is 0 Å². The quantitative estimate of drug-likeness (QED) is 0.859. The minimum atomic E-state index is 0. The number of hydrogen-bond donors (Lipinski definition) is 2. The Morgan fingerprint density at radius 1 is 1.30 bits per heavy atom. The molecule has 0 saturated carbocycles. The molecule has 2 aromatic rings. The van der Waals surface area contributed by atoms with E-state index in [4.69, 9.17) is 0 Å². The molecule has 0 aliphatic heterocycles. The highest BCUT2D eigenvalue weighted by Crippen LogP contribution is 2.23. The summed E-state index contributed by atoms with van der Waals surface area (Å²) >= 11 is 1.64. The molecule has 108 valence electrons. The number of nitrogens with one attached hydrogen (secondary N) is 2. The van der Waals surface area contributed by atoms with Gasteiger partial charge in [-0.2, -0.15) is 0 Å². The highest BCUT2D eigenvalue weighted by Gasteiger charge is 2.04. The van der Waals surface area contributed by atoms with E-state index in [0.717, 1.165) is 22.7 Å². The molecule has 1 heterocycles. The molecular weight excluding hydrogens is 294 g/mol. The maximum atomic E-state index is 11.3. The number of rotatable bonds is 6. The van der Waals surface area contributed by atoms with Gasteiger partial charge in [-0.3, -0.25) is 4.79 Å². The number of halogens is 1. The molecule has 20 heavy (non-hydrogen) atoms. The zero-order chi connectivity index (χ0) is 13.5. The first-order chi connectivity index (χ1) is 9.29. The Kier molecular flexibility index (Phi) is 7.22. The third-order valence-electron chi connectivity index (χ3n) is 2.61. The Morgan fingerprint density at radius 3 is 2.75 bits per heavy atom. The van der Waals surface area contributed by atoms with Gasteiger partial charge in [0.1, 0.15) is 5.01 Å². The predicted octanol–water partition coefficient (Wildman–Crippen LogP) is 2.11. The van der Waals surface area contributed by atoms with Crippen LogP contribution in [0.25, 0.3) is 10.6 Å². The van der Waals surface area contributed by atoms with Crippen LogP contribution in [0, 0.1) is 0 Å². The van der Waals surface area contributed by atoms with E-state index in [1.165, 1.54) is 0 Å². The van der Waals surface area contributed by atoms with E-state index >= 15 is 0 Å². The van der Waals surface area contributed by atoms with Gasteiger partial charge in [0.25, 0.3) is 0 Å². The summed E-state index contributed by atoms with van der Waals surface area (Å²) in [4.78, 5) is 15.8. The smallest absolute Gasteiger partial charge is 0.233 e. The first-order valence-corrected chi connectivity index (χ1v) is 7.08. The lowest BCUT2D eigenvalue weighted by Gasteiger charge is -2.02. The van der Waals surface area contributed by atoms with Crippen LogP contribution in [0.3, 0.4) is 0 Å². The van der Waals surface area contributed by atoms with Gasteiger partial charge in [-0.1, -0.05) is 30.3 Å². The van der Waals surface area contributed by atoms with E-state index in [2.05, 4.69) is 27.8 Å². The highest BCUT2D eigenvalue weighted by atomic mass is 35.5. The standard InChI is InChI=1S/C14H17N3OS.ClH/c1-15-9-13(18)16-8-7-12-10-19-14(17-12)11-5-3-2-4-6-11;/h2-6,10,15H,7-9H2,1H3,(H,16,18);1H. The van der Waals surface area contributed by atoms with Gasteiger partial charge in [0.05, 0.1) is 12.2 Å². The van der Waals surface area contributed by atoms with Crippen molar-refractivity contribution in [3.63, 3.8) is 0 Å². The molecule has 0 fully saturated rings. The van der Waals surface area contributed by atoms with Crippen molar-refractivity contribution in [2.75, 3.05) is 20.1 Å². The first-order valence-electron chi connectivity index (χ1n) is 6.20. The van der Waals surface area contributed by atoms with Crippen LogP contribution in [0.1, 0.15) is 5.69 Å². The number of carbonyl (C=O) groups excluding carboxylic acids is 1. The van der Waals surface area contributed by atoms with Crippen LogP contribution in [0.15, 0.2) is 35.7 Å². The average molecular weight is 312 g/mol. The topological polar surface area (TPSA) is 54.0 Å². The molecular formula is C14H18ClN3OS. The van der Waals surface area contributed by atoms with E-state index in [1.807, 2.05) is 23.6 Å². The Bertz CT molecular complexity index is 530. The number of nitrogens with zero attached hydrogens (tertiary/aromatic N) is 1. The SMILES string of the molecule is CNCC(=O)NCCc1csc(-c2ccccc2)n1.Cl. The second-order valence-electron chi connectivity index (χ2n) is 4.14. The molecule has 0 spiro atoms. The fourth-order valence-electron chi connectivity index (χ4n) is 1.69. The Balaban J connectivity index is 0.00000200. The number of likely N-dealkylation sites (N-methyl/N-ethyl adjacent to an activating group) is 1. The van der Waals surface area contributed by atoms with Gasteiger partial charge >= 0.3 is 0 Å². The molecule has 2 rings (SSSR count). The number of aromatic nitrogens is 1. The van der Waals surface area contributed by atoms with Crippen LogP contribution in [-0.2, 0) is 11.2 Å². The van der Waals surface area contributed by atoms with Crippen molar-refractivity contribution < 1.29 is 4.79 Å². The van der Waals surface area contributed by atoms with Gasteiger partial charge in [-0.25, -0.2) is 4.98 Å². The second kappa shape index (κ2) is 8.68. The molecule has 0 saturated heterocycles. The van der Waals surface area contributed by atoms with Gasteiger partial charge in [-0.05, 0) is 7.05 Å². The molecule has 4 nitrogen and oxygen atoms in total. The molecule has 0 unspecified atom stereocenters. The summed E-state index contributed by atoms with van der Waals surface area (Å²) in [5.74, 6) is 0.0148. The minimum absolute atomic E-state index is 0. The van der Waals surface area contributed by atoms with Gasteiger partial charge in [0.2, 0.25) is 5.91 Å². The van der Waals surface area contributed by atoms with Gasteiger partial charge in [0, 0.05) is 23.9 Å². The third kappa shape index (κ3) is 4.92. The summed E-state index contributed by atoms with van der Waals surface area (Å²) in [5.41, 5.74) is 2.16. The summed E-state index contributed by atoms with van der Waals surface area (Å²) in [5, 5.41) is 8.73. The Hall–Kier alpha value is -1.43. The lowest BCUT2D eigenvalue weighted by Crippen LogP contribution is -2.33. The summed E-state index contributed by atoms with van der Waals surface area (Å²) in [6.45, 7) is 0.977. The zero-order valence-corrected chi connectivity index (χ0v) is 12.9. The van der Waals surface area contributed by atoms with Gasteiger partial charge in [-0.15, -0.1) is 23.7 Å². The Morgan fingerprint density at radius 2 is 2.05 bits per heavy atom. The van der Waals surface area contributed by atoms with Crippen LogP contribution < -0.4 is 10.6 Å². The molecule has 1 aromatic carbocycles. The lowest BCUT2D eigenvalue weighted by atomic mass is 10.2. The fourth-order valence-corrected chi connectivity index (χ4v) is 2.55. The third-order valence-corrected chi connectivity index (χ3v) is 3.55. The van der Waals surface area contributed by atoms with E-state index in [-0.39, 0.29) is 18.3 Å². The van der Waals surface area contributed by atoms with Crippen molar-refractivity contribution in [3.05, 3.63) is 41.4 Å². The molecule has 6 heteroatoms. The van der Waals surface area contributed by atoms with Crippen molar-refractivity contribution in [1.82, 2.24) is 15.6 Å². The molecule has 0 radical (unpaired) electrons. The van der Waals surface area contributed by atoms with E-state index in [9.17, 15) is 4.79 Å². The predicted molar refractivity (Wildman–Crippen MR) is 85.4 cm³/mol. The number of benzene rings is 1. The van der Waals surface area contributed by atoms with Crippen LogP contribution in [-0.4, -0.2) is 31.0 Å². The maximum absolute atomic E-state index is 11.3. The van der Waals surface area contributed by atoms with E-state index in [1.54, 1.807) is 18.4 Å². The van der Waals surface area contributed by atoms with Gasteiger partial charge < -0.3 is 10.6 Å². The van der Waals surface area contributed by atoms with Crippen LogP contribution >= 0.6 is 23.7 Å².